The second-order valence-electron chi connectivity index (χ2n) is 3.24. The Morgan fingerprint density at radius 2 is 2.13 bits per heavy atom. The third-order valence-corrected chi connectivity index (χ3v) is 2.08. The fraction of sp³-hybridized carbons (Fsp3) is 0.455. The van der Waals surface area contributed by atoms with Gasteiger partial charge in [-0.25, -0.2) is 4.79 Å². The summed E-state index contributed by atoms with van der Waals surface area (Å²) < 4.78 is 2.70. The summed E-state index contributed by atoms with van der Waals surface area (Å²) in [7, 11) is 0. The number of rotatable bonds is 4. The summed E-state index contributed by atoms with van der Waals surface area (Å²) in [4.78, 5) is 23.1. The summed E-state index contributed by atoms with van der Waals surface area (Å²) in [5, 5.41) is 0. The van der Waals surface area contributed by atoms with E-state index < -0.39 is 0 Å². The van der Waals surface area contributed by atoms with Gasteiger partial charge in [-0.1, -0.05) is 6.92 Å². The largest absolute Gasteiger partial charge is 0.330 e. The Morgan fingerprint density at radius 3 is 2.73 bits per heavy atom. The number of nitrogens with zero attached hydrogens (tertiary/aromatic N) is 2. The Hall–Kier alpha value is -1.76. The van der Waals surface area contributed by atoms with Crippen LogP contribution in [-0.4, -0.2) is 9.13 Å². The van der Waals surface area contributed by atoms with Crippen LogP contribution >= 0.6 is 0 Å². The minimum Gasteiger partial charge on any atom is -0.300 e. The van der Waals surface area contributed by atoms with Crippen molar-refractivity contribution in [3.05, 3.63) is 33.1 Å². The van der Waals surface area contributed by atoms with Gasteiger partial charge in [0.1, 0.15) is 0 Å². The maximum absolute atomic E-state index is 11.7. The lowest BCUT2D eigenvalue weighted by molar-refractivity contribution is 0.551. The van der Waals surface area contributed by atoms with Crippen molar-refractivity contribution in [1.82, 2.24) is 9.13 Å². The zero-order chi connectivity index (χ0) is 11.3. The molecule has 0 N–H and O–H groups in total. The van der Waals surface area contributed by atoms with Crippen molar-refractivity contribution in [3.63, 3.8) is 0 Å². The van der Waals surface area contributed by atoms with Gasteiger partial charge in [-0.15, -0.1) is 12.3 Å². The quantitative estimate of drug-likeness (QED) is 0.671. The van der Waals surface area contributed by atoms with Crippen LogP contribution in [0.4, 0.5) is 0 Å². The number of aromatic nitrogens is 2. The average molecular weight is 206 g/mol. The van der Waals surface area contributed by atoms with Gasteiger partial charge in [0.25, 0.3) is 5.56 Å². The first-order valence-corrected chi connectivity index (χ1v) is 4.94. The number of terminal acetylenes is 1. The summed E-state index contributed by atoms with van der Waals surface area (Å²) in [6.07, 6.45) is 7.88. The fourth-order valence-electron chi connectivity index (χ4n) is 1.35. The molecule has 15 heavy (non-hydrogen) atoms. The minimum absolute atomic E-state index is 0.278. The Kier molecular flexibility index (Phi) is 3.92. The molecule has 0 spiro atoms. The van der Waals surface area contributed by atoms with Crippen LogP contribution in [0.2, 0.25) is 0 Å². The molecule has 0 atom stereocenters. The molecule has 4 nitrogen and oxygen atoms in total. The highest BCUT2D eigenvalue weighted by atomic mass is 16.2. The molecule has 0 aliphatic heterocycles. The van der Waals surface area contributed by atoms with E-state index >= 15 is 0 Å². The minimum atomic E-state index is -0.289. The van der Waals surface area contributed by atoms with Crippen molar-refractivity contribution in [2.24, 2.45) is 0 Å². The van der Waals surface area contributed by atoms with E-state index in [1.165, 1.54) is 21.4 Å². The molecule has 1 heterocycles. The topological polar surface area (TPSA) is 44.0 Å². The van der Waals surface area contributed by atoms with Crippen molar-refractivity contribution in [3.8, 4) is 12.3 Å². The summed E-state index contributed by atoms with van der Waals surface area (Å²) in [5.41, 5.74) is -0.567. The van der Waals surface area contributed by atoms with Gasteiger partial charge < -0.3 is 4.57 Å². The van der Waals surface area contributed by atoms with Gasteiger partial charge in [-0.2, -0.15) is 0 Å². The second kappa shape index (κ2) is 5.20. The predicted octanol–water partition coefficient (Wildman–Crippen LogP) is 0.443. The highest BCUT2D eigenvalue weighted by Gasteiger charge is 2.02. The van der Waals surface area contributed by atoms with Gasteiger partial charge in [-0.05, 0) is 6.42 Å². The molecular weight excluding hydrogens is 192 g/mol. The number of hydrogen-bond acceptors (Lipinski definition) is 2. The van der Waals surface area contributed by atoms with Crippen molar-refractivity contribution in [2.45, 2.75) is 32.9 Å². The van der Waals surface area contributed by atoms with Crippen molar-refractivity contribution in [2.75, 3.05) is 0 Å². The first-order chi connectivity index (χ1) is 7.20. The highest BCUT2D eigenvalue weighted by molar-refractivity contribution is 4.89. The van der Waals surface area contributed by atoms with Gasteiger partial charge in [0.15, 0.2) is 0 Å². The summed E-state index contributed by atoms with van der Waals surface area (Å²) in [5.74, 6) is 2.41. The van der Waals surface area contributed by atoms with E-state index in [1.54, 1.807) is 0 Å². The summed E-state index contributed by atoms with van der Waals surface area (Å²) in [6, 6.07) is 1.40. The van der Waals surface area contributed by atoms with E-state index in [0.717, 1.165) is 6.42 Å². The van der Waals surface area contributed by atoms with Gasteiger partial charge in [-0.3, -0.25) is 9.36 Å². The molecule has 0 aliphatic carbocycles. The summed E-state index contributed by atoms with van der Waals surface area (Å²) in [6.45, 7) is 2.89. The smallest absolute Gasteiger partial charge is 0.300 e. The van der Waals surface area contributed by atoms with E-state index in [0.29, 0.717) is 19.5 Å². The maximum Gasteiger partial charge on any atom is 0.330 e. The van der Waals surface area contributed by atoms with Crippen molar-refractivity contribution in [1.29, 1.82) is 0 Å². The molecule has 0 aromatic carbocycles. The molecule has 4 heteroatoms. The van der Waals surface area contributed by atoms with E-state index in [-0.39, 0.29) is 11.2 Å². The predicted molar refractivity (Wildman–Crippen MR) is 58.7 cm³/mol. The lowest BCUT2D eigenvalue weighted by Gasteiger charge is -2.07. The maximum atomic E-state index is 11.7. The van der Waals surface area contributed by atoms with Crippen LogP contribution in [0.25, 0.3) is 0 Å². The van der Waals surface area contributed by atoms with Gasteiger partial charge in [0, 0.05) is 31.8 Å². The van der Waals surface area contributed by atoms with Crippen LogP contribution in [0, 0.1) is 12.3 Å². The molecule has 0 fully saturated rings. The fourth-order valence-corrected chi connectivity index (χ4v) is 1.35. The molecule has 80 valence electrons. The molecule has 0 bridgehead atoms. The van der Waals surface area contributed by atoms with Crippen LogP contribution in [-0.2, 0) is 13.1 Å². The average Bonchev–Trinajstić information content (AvgIpc) is 2.22. The third-order valence-electron chi connectivity index (χ3n) is 2.08. The molecular formula is C11H14N2O2. The standard InChI is InChI=1S/C11H14N2O2/c1-3-5-8-13-10(14)6-9-12(7-4-2)11(13)15/h1,6,9H,4-5,7-8H2,2H3. The van der Waals surface area contributed by atoms with Crippen LogP contribution in [0.1, 0.15) is 19.8 Å². The number of aryl methyl sites for hydroxylation is 1. The van der Waals surface area contributed by atoms with E-state index in [9.17, 15) is 9.59 Å². The third kappa shape index (κ3) is 2.59. The molecule has 1 aromatic rings. The number of hydrogen-bond donors (Lipinski definition) is 0. The normalized spacial score (nSPS) is 9.87. The van der Waals surface area contributed by atoms with Crippen LogP contribution in [0.5, 0.6) is 0 Å². The molecule has 0 saturated heterocycles. The molecule has 0 unspecified atom stereocenters. The highest BCUT2D eigenvalue weighted by Crippen LogP contribution is 1.85. The van der Waals surface area contributed by atoms with Crippen molar-refractivity contribution >= 4 is 0 Å². The van der Waals surface area contributed by atoms with Gasteiger partial charge in [0.05, 0.1) is 0 Å². The monoisotopic (exact) mass is 206 g/mol. The molecule has 0 radical (unpaired) electrons. The zero-order valence-corrected chi connectivity index (χ0v) is 8.77. The SMILES string of the molecule is C#CCCn1c(=O)ccn(CCC)c1=O. The van der Waals surface area contributed by atoms with Gasteiger partial charge in [0.2, 0.25) is 0 Å². The molecule has 1 rings (SSSR count). The Bertz CT molecular complexity index is 477. The Balaban J connectivity index is 3.14. The lowest BCUT2D eigenvalue weighted by atomic mass is 10.4. The first kappa shape index (κ1) is 11.3. The zero-order valence-electron chi connectivity index (χ0n) is 8.77. The van der Waals surface area contributed by atoms with Crippen LogP contribution < -0.4 is 11.2 Å². The molecule has 0 amide bonds. The van der Waals surface area contributed by atoms with E-state index in [1.807, 2.05) is 6.92 Å². The Labute approximate surface area is 88.2 Å². The lowest BCUT2D eigenvalue weighted by Crippen LogP contribution is -2.38. The molecule has 1 aromatic heterocycles. The van der Waals surface area contributed by atoms with E-state index in [2.05, 4.69) is 5.92 Å². The van der Waals surface area contributed by atoms with Crippen LogP contribution in [0.3, 0.4) is 0 Å². The van der Waals surface area contributed by atoms with Crippen LogP contribution in [0.15, 0.2) is 21.9 Å². The molecule has 0 aliphatic rings. The second-order valence-corrected chi connectivity index (χ2v) is 3.24. The first-order valence-electron chi connectivity index (χ1n) is 4.94. The molecule has 0 saturated carbocycles. The summed E-state index contributed by atoms with van der Waals surface area (Å²) >= 11 is 0. The van der Waals surface area contributed by atoms with E-state index in [4.69, 9.17) is 6.42 Å². The van der Waals surface area contributed by atoms with Gasteiger partial charge >= 0.3 is 5.69 Å². The van der Waals surface area contributed by atoms with Crippen molar-refractivity contribution < 1.29 is 0 Å². The Morgan fingerprint density at radius 1 is 1.40 bits per heavy atom.